The summed E-state index contributed by atoms with van der Waals surface area (Å²) in [7, 11) is 1.81. The van der Waals surface area contributed by atoms with Crippen LogP contribution in [-0.4, -0.2) is 39.5 Å². The zero-order valence-electron chi connectivity index (χ0n) is 16.1. The molecule has 1 atom stereocenters. The van der Waals surface area contributed by atoms with E-state index in [0.717, 1.165) is 36.3 Å². The molecule has 0 radical (unpaired) electrons. The molecule has 1 aliphatic carbocycles. The second kappa shape index (κ2) is 6.48. The van der Waals surface area contributed by atoms with E-state index in [1.54, 1.807) is 23.5 Å². The summed E-state index contributed by atoms with van der Waals surface area (Å²) in [5.74, 6) is 1.50. The summed E-state index contributed by atoms with van der Waals surface area (Å²) in [6.07, 6.45) is 10.3. The zero-order chi connectivity index (χ0) is 19.2. The predicted octanol–water partition coefficient (Wildman–Crippen LogP) is 3.01. The van der Waals surface area contributed by atoms with Crippen LogP contribution in [0.3, 0.4) is 0 Å². The molecule has 27 heavy (non-hydrogen) atoms. The van der Waals surface area contributed by atoms with Crippen molar-refractivity contribution >= 4 is 23.1 Å². The minimum atomic E-state index is -0.605. The van der Waals surface area contributed by atoms with Crippen molar-refractivity contribution in [3.05, 3.63) is 24.7 Å². The predicted molar refractivity (Wildman–Crippen MR) is 107 cm³/mol. The van der Waals surface area contributed by atoms with Gasteiger partial charge in [-0.15, -0.1) is 0 Å². The molecule has 1 fully saturated rings. The van der Waals surface area contributed by atoms with Gasteiger partial charge in [0.25, 0.3) is 5.91 Å². The first-order chi connectivity index (χ1) is 13.0. The number of aromatic nitrogens is 3. The number of nitrogens with two attached hydrogens (primary N) is 1. The number of amides is 1. The first-order valence-electron chi connectivity index (χ1n) is 9.61. The Bertz CT molecular complexity index is 879. The third kappa shape index (κ3) is 2.64. The number of pyridine rings is 1. The van der Waals surface area contributed by atoms with E-state index in [0.29, 0.717) is 17.6 Å². The average Bonchev–Trinajstić information content (AvgIpc) is 3.20. The molecular formula is C20H26N6O. The van der Waals surface area contributed by atoms with E-state index in [-0.39, 0.29) is 5.91 Å². The summed E-state index contributed by atoms with van der Waals surface area (Å²) >= 11 is 0. The van der Waals surface area contributed by atoms with E-state index in [4.69, 9.17) is 10.7 Å². The molecule has 4 rings (SSSR count). The molecule has 0 aromatic carbocycles. The van der Waals surface area contributed by atoms with E-state index in [9.17, 15) is 4.79 Å². The molecule has 2 aliphatic rings. The molecule has 0 spiro atoms. The highest BCUT2D eigenvalue weighted by atomic mass is 16.2. The summed E-state index contributed by atoms with van der Waals surface area (Å²) in [5.41, 5.74) is 7.55. The smallest absolute Gasteiger partial charge is 0.252 e. The Hall–Kier alpha value is -2.70. The SMILES string of the molecule is CC[C@]1(C)C(=O)N(C)c2cnc(-c3ccncc3N)nc2N1C1CCCC1. The summed E-state index contributed by atoms with van der Waals surface area (Å²) in [4.78, 5) is 30.6. The average molecular weight is 366 g/mol. The van der Waals surface area contributed by atoms with Crippen molar-refractivity contribution in [2.75, 3.05) is 22.6 Å². The Labute approximate surface area is 159 Å². The number of rotatable bonds is 3. The molecule has 2 N–H and O–H groups in total. The third-order valence-electron chi connectivity index (χ3n) is 6.11. The number of anilines is 3. The van der Waals surface area contributed by atoms with Gasteiger partial charge in [0, 0.05) is 24.8 Å². The van der Waals surface area contributed by atoms with Crippen molar-refractivity contribution in [2.45, 2.75) is 57.5 Å². The maximum Gasteiger partial charge on any atom is 0.252 e. The van der Waals surface area contributed by atoms with Gasteiger partial charge in [0.2, 0.25) is 0 Å². The van der Waals surface area contributed by atoms with Crippen molar-refractivity contribution in [3.63, 3.8) is 0 Å². The fourth-order valence-electron chi connectivity index (χ4n) is 4.39. The van der Waals surface area contributed by atoms with Crippen molar-refractivity contribution in [1.29, 1.82) is 0 Å². The Morgan fingerprint density at radius 2 is 2.04 bits per heavy atom. The molecule has 2 aromatic rings. The van der Waals surface area contributed by atoms with Crippen LogP contribution in [0.25, 0.3) is 11.4 Å². The topological polar surface area (TPSA) is 88.2 Å². The van der Waals surface area contributed by atoms with Crippen molar-refractivity contribution in [2.24, 2.45) is 0 Å². The van der Waals surface area contributed by atoms with Crippen LogP contribution >= 0.6 is 0 Å². The van der Waals surface area contributed by atoms with Gasteiger partial charge in [-0.05, 0) is 32.3 Å². The molecule has 7 heteroatoms. The van der Waals surface area contributed by atoms with E-state index >= 15 is 0 Å². The number of fused-ring (bicyclic) bond motifs is 1. The van der Waals surface area contributed by atoms with Crippen LogP contribution in [0.5, 0.6) is 0 Å². The molecule has 142 valence electrons. The van der Waals surface area contributed by atoms with Gasteiger partial charge in [-0.1, -0.05) is 19.8 Å². The maximum absolute atomic E-state index is 13.2. The largest absolute Gasteiger partial charge is 0.397 e. The standard InChI is InChI=1S/C20H26N6O/c1-4-20(2)19(27)25(3)16-12-23-17(14-9-10-22-11-15(14)21)24-18(16)26(20)13-7-5-6-8-13/h9-13H,4-8,21H2,1-3H3/t20-/m1/s1. The Morgan fingerprint density at radius 1 is 1.30 bits per heavy atom. The highest BCUT2D eigenvalue weighted by Gasteiger charge is 2.49. The number of likely N-dealkylation sites (N-methyl/N-ethyl adjacent to an activating group) is 1. The van der Waals surface area contributed by atoms with Gasteiger partial charge in [-0.3, -0.25) is 9.78 Å². The lowest BCUT2D eigenvalue weighted by Crippen LogP contribution is -2.63. The third-order valence-corrected chi connectivity index (χ3v) is 6.11. The fraction of sp³-hybridized carbons (Fsp3) is 0.500. The molecule has 0 saturated heterocycles. The van der Waals surface area contributed by atoms with Crippen molar-refractivity contribution < 1.29 is 4.79 Å². The lowest BCUT2D eigenvalue weighted by atomic mass is 9.89. The van der Waals surface area contributed by atoms with Crippen LogP contribution in [0, 0.1) is 0 Å². The van der Waals surface area contributed by atoms with E-state index in [1.165, 1.54) is 12.8 Å². The molecular weight excluding hydrogens is 340 g/mol. The van der Waals surface area contributed by atoms with Gasteiger partial charge < -0.3 is 15.5 Å². The molecule has 0 bridgehead atoms. The number of carbonyl (C=O) groups excluding carboxylic acids is 1. The molecule has 0 unspecified atom stereocenters. The summed E-state index contributed by atoms with van der Waals surface area (Å²) in [5, 5.41) is 0. The molecule has 1 saturated carbocycles. The first-order valence-corrected chi connectivity index (χ1v) is 9.61. The lowest BCUT2D eigenvalue weighted by Gasteiger charge is -2.50. The Kier molecular flexibility index (Phi) is 4.25. The van der Waals surface area contributed by atoms with Gasteiger partial charge >= 0.3 is 0 Å². The highest BCUT2D eigenvalue weighted by Crippen LogP contribution is 2.44. The second-order valence-corrected chi connectivity index (χ2v) is 7.67. The number of nitrogens with zero attached hydrogens (tertiary/aromatic N) is 5. The molecule has 3 heterocycles. The van der Waals surface area contributed by atoms with Crippen LogP contribution in [0.4, 0.5) is 17.2 Å². The molecule has 7 nitrogen and oxygen atoms in total. The zero-order valence-corrected chi connectivity index (χ0v) is 16.1. The van der Waals surface area contributed by atoms with E-state index < -0.39 is 5.54 Å². The normalized spacial score (nSPS) is 23.0. The monoisotopic (exact) mass is 366 g/mol. The van der Waals surface area contributed by atoms with Crippen LogP contribution in [0.1, 0.15) is 46.0 Å². The first kappa shape index (κ1) is 17.7. The Morgan fingerprint density at radius 3 is 2.70 bits per heavy atom. The summed E-state index contributed by atoms with van der Waals surface area (Å²) < 4.78 is 0. The van der Waals surface area contributed by atoms with Crippen LogP contribution in [0.2, 0.25) is 0 Å². The van der Waals surface area contributed by atoms with Crippen LogP contribution < -0.4 is 15.5 Å². The molecule has 1 aliphatic heterocycles. The van der Waals surface area contributed by atoms with Gasteiger partial charge in [0.05, 0.1) is 18.1 Å². The van der Waals surface area contributed by atoms with Crippen molar-refractivity contribution in [1.82, 2.24) is 15.0 Å². The number of hydrogen-bond donors (Lipinski definition) is 1. The lowest BCUT2D eigenvalue weighted by molar-refractivity contribution is -0.123. The van der Waals surface area contributed by atoms with Crippen LogP contribution in [0.15, 0.2) is 24.7 Å². The quantitative estimate of drug-likeness (QED) is 0.898. The minimum absolute atomic E-state index is 0.101. The molecule has 1 amide bonds. The number of nitrogen functional groups attached to an aromatic ring is 1. The number of carbonyl (C=O) groups is 1. The minimum Gasteiger partial charge on any atom is -0.397 e. The van der Waals surface area contributed by atoms with Crippen LogP contribution in [-0.2, 0) is 4.79 Å². The molecule has 2 aromatic heterocycles. The highest BCUT2D eigenvalue weighted by molar-refractivity contribution is 6.07. The van der Waals surface area contributed by atoms with Gasteiger partial charge in [-0.25, -0.2) is 9.97 Å². The summed E-state index contributed by atoms with van der Waals surface area (Å²) in [6, 6.07) is 2.15. The van der Waals surface area contributed by atoms with Crippen molar-refractivity contribution in [3.8, 4) is 11.4 Å². The van der Waals surface area contributed by atoms with Gasteiger partial charge in [-0.2, -0.15) is 0 Å². The number of hydrogen-bond acceptors (Lipinski definition) is 6. The van der Waals surface area contributed by atoms with Gasteiger partial charge in [0.15, 0.2) is 11.6 Å². The van der Waals surface area contributed by atoms with E-state index in [2.05, 4.69) is 21.8 Å². The second-order valence-electron chi connectivity index (χ2n) is 7.67. The summed E-state index contributed by atoms with van der Waals surface area (Å²) in [6.45, 7) is 4.11. The maximum atomic E-state index is 13.2. The van der Waals surface area contributed by atoms with E-state index in [1.807, 2.05) is 20.0 Å². The van der Waals surface area contributed by atoms with Gasteiger partial charge in [0.1, 0.15) is 11.2 Å². The fourth-order valence-corrected chi connectivity index (χ4v) is 4.39. The Balaban J connectivity index is 1.91.